The molecule has 0 fully saturated rings. The van der Waals surface area contributed by atoms with Crippen LogP contribution in [0.3, 0.4) is 0 Å². The van der Waals surface area contributed by atoms with Gasteiger partial charge in [-0.25, -0.2) is 0 Å². The van der Waals surface area contributed by atoms with E-state index in [0.717, 1.165) is 3.57 Å². The van der Waals surface area contributed by atoms with Crippen LogP contribution in [0.4, 0.5) is 5.69 Å². The van der Waals surface area contributed by atoms with Crippen molar-refractivity contribution in [3.05, 3.63) is 77.4 Å². The second-order valence-electron chi connectivity index (χ2n) is 5.15. The summed E-state index contributed by atoms with van der Waals surface area (Å²) in [7, 11) is 0. The van der Waals surface area contributed by atoms with Gasteiger partial charge in [0.2, 0.25) is 5.82 Å². The molecule has 0 unspecified atom stereocenters. The van der Waals surface area contributed by atoms with Crippen molar-refractivity contribution in [2.45, 2.75) is 0 Å². The number of aromatic nitrogens is 3. The minimum atomic E-state index is -0.682. The van der Waals surface area contributed by atoms with Gasteiger partial charge in [0.05, 0.1) is 10.4 Å². The van der Waals surface area contributed by atoms with Gasteiger partial charge in [-0.3, -0.25) is 10.1 Å². The summed E-state index contributed by atoms with van der Waals surface area (Å²) in [6.45, 7) is 0. The van der Waals surface area contributed by atoms with Gasteiger partial charge in [0.15, 0.2) is 5.03 Å². The zero-order chi connectivity index (χ0) is 19.6. The molecule has 7 nitrogen and oxygen atoms in total. The van der Waals surface area contributed by atoms with Gasteiger partial charge in [-0.15, -0.1) is 5.10 Å². The molecule has 0 aliphatic heterocycles. The zero-order valence-electron chi connectivity index (χ0n) is 13.2. The minimum absolute atomic E-state index is 0.0429. The Bertz CT molecular complexity index is 1080. The van der Waals surface area contributed by atoms with E-state index in [1.807, 2.05) is 12.1 Å². The average Bonchev–Trinajstić information content (AvgIpc) is 3.06. The fourth-order valence-electron chi connectivity index (χ4n) is 2.28. The van der Waals surface area contributed by atoms with Crippen molar-refractivity contribution < 1.29 is 4.92 Å². The zero-order valence-corrected chi connectivity index (χ0v) is 17.7. The molecule has 3 aromatic rings. The molecule has 1 N–H and O–H groups in total. The predicted octanol–water partition coefficient (Wildman–Crippen LogP) is 5.44. The number of nitro groups is 1. The summed E-state index contributed by atoms with van der Waals surface area (Å²) in [4.78, 5) is 11.1. The molecule has 0 spiro atoms. The molecular formula is C16H9Cl3IN5O2. The van der Waals surface area contributed by atoms with Gasteiger partial charge in [-0.1, -0.05) is 52.1 Å². The number of nitrogens with one attached hydrogen (secondary N) is 1. The Morgan fingerprint density at radius 1 is 1.11 bits per heavy atom. The lowest BCUT2D eigenvalue weighted by molar-refractivity contribution is -0.419. The van der Waals surface area contributed by atoms with Crippen molar-refractivity contribution in [3.8, 4) is 0 Å². The van der Waals surface area contributed by atoms with Crippen molar-refractivity contribution in [1.29, 1.82) is 0 Å². The first kappa shape index (κ1) is 19.9. The number of benzene rings is 2. The highest BCUT2D eigenvalue weighted by Gasteiger charge is 2.28. The number of hydrogen-bond donors (Lipinski definition) is 1. The quantitative estimate of drug-likeness (QED) is 0.203. The van der Waals surface area contributed by atoms with E-state index in [1.165, 1.54) is 4.68 Å². The second kappa shape index (κ2) is 8.42. The van der Waals surface area contributed by atoms with Gasteiger partial charge in [0, 0.05) is 9.26 Å². The van der Waals surface area contributed by atoms with Crippen molar-refractivity contribution in [2.24, 2.45) is 0 Å². The van der Waals surface area contributed by atoms with E-state index in [9.17, 15) is 10.1 Å². The topological polar surface area (TPSA) is 85.9 Å². The Hall–Kier alpha value is -1.88. The number of nitrogens with zero attached hydrogens (tertiary/aromatic N) is 4. The first-order chi connectivity index (χ1) is 12.9. The van der Waals surface area contributed by atoms with E-state index in [-0.39, 0.29) is 5.82 Å². The molecule has 0 radical (unpaired) electrons. The largest absolute Gasteiger partial charge is 0.334 e. The minimum Gasteiger partial charge on any atom is -0.334 e. The van der Waals surface area contributed by atoms with Crippen LogP contribution < -0.4 is 5.32 Å². The fourth-order valence-corrected chi connectivity index (χ4v) is 2.97. The van der Waals surface area contributed by atoms with Gasteiger partial charge in [-0.05, 0) is 59.0 Å². The van der Waals surface area contributed by atoms with Gasteiger partial charge in [0.1, 0.15) is 10.0 Å². The molecule has 138 valence electrons. The molecule has 27 heavy (non-hydrogen) atoms. The summed E-state index contributed by atoms with van der Waals surface area (Å²) in [6, 6.07) is 14.2. The standard InChI is InChI=1S/C16H9Cl3IN5O2/c17-13(15(18)19)14(25(26)27)16(21-10-7-5-9(20)6-8-10)24-12-4-2-1-3-11(12)22-23-24/h1-8,21H/b16-14+. The summed E-state index contributed by atoms with van der Waals surface area (Å²) in [5, 5.41) is 22.4. The first-order valence-electron chi connectivity index (χ1n) is 7.31. The predicted molar refractivity (Wildman–Crippen MR) is 115 cm³/mol. The summed E-state index contributed by atoms with van der Waals surface area (Å²) >= 11 is 19.6. The fraction of sp³-hybridized carbons (Fsp3) is 0. The second-order valence-corrected chi connectivity index (χ2v) is 7.72. The van der Waals surface area contributed by atoms with Crippen LogP contribution in [0.5, 0.6) is 0 Å². The van der Waals surface area contributed by atoms with E-state index < -0.39 is 20.1 Å². The highest BCUT2D eigenvalue weighted by Crippen LogP contribution is 2.31. The summed E-state index contributed by atoms with van der Waals surface area (Å²) in [5.41, 5.74) is 1.14. The SMILES string of the molecule is O=[N+]([O-])/C(C(Cl)=C(Cl)Cl)=C(\Nc1ccc(I)cc1)n1nnc2ccccc21. The van der Waals surface area contributed by atoms with Gasteiger partial charge < -0.3 is 5.32 Å². The van der Waals surface area contributed by atoms with Crippen LogP contribution in [0, 0.1) is 13.7 Å². The first-order valence-corrected chi connectivity index (χ1v) is 9.53. The molecule has 2 aromatic carbocycles. The number of rotatable bonds is 5. The lowest BCUT2D eigenvalue weighted by Gasteiger charge is -2.12. The molecule has 11 heteroatoms. The molecule has 3 rings (SSSR count). The van der Waals surface area contributed by atoms with Crippen molar-refractivity contribution in [1.82, 2.24) is 15.0 Å². The Labute approximate surface area is 181 Å². The smallest absolute Gasteiger partial charge is 0.332 e. The van der Waals surface area contributed by atoms with Crippen LogP contribution in [-0.4, -0.2) is 19.9 Å². The van der Waals surface area contributed by atoms with Crippen LogP contribution in [0.1, 0.15) is 0 Å². The third-order valence-electron chi connectivity index (χ3n) is 3.45. The molecule has 0 amide bonds. The van der Waals surface area contributed by atoms with E-state index >= 15 is 0 Å². The lowest BCUT2D eigenvalue weighted by atomic mass is 10.3. The average molecular weight is 537 g/mol. The molecule has 1 aromatic heterocycles. The van der Waals surface area contributed by atoms with E-state index in [1.54, 1.807) is 36.4 Å². The monoisotopic (exact) mass is 535 g/mol. The maximum Gasteiger partial charge on any atom is 0.332 e. The number of halogens is 4. The van der Waals surface area contributed by atoms with Crippen molar-refractivity contribution >= 4 is 79.9 Å². The third-order valence-corrected chi connectivity index (χ3v) is 5.11. The van der Waals surface area contributed by atoms with Crippen molar-refractivity contribution in [3.63, 3.8) is 0 Å². The number of hydrogen-bond acceptors (Lipinski definition) is 5. The molecular weight excluding hydrogens is 527 g/mol. The molecule has 0 bridgehead atoms. The van der Waals surface area contributed by atoms with Crippen LogP contribution in [0.2, 0.25) is 0 Å². The number of fused-ring (bicyclic) bond motifs is 1. The highest BCUT2D eigenvalue weighted by molar-refractivity contribution is 14.1. The summed E-state index contributed by atoms with van der Waals surface area (Å²) in [5.74, 6) is -0.0429. The van der Waals surface area contributed by atoms with Crippen LogP contribution in [0.25, 0.3) is 16.9 Å². The van der Waals surface area contributed by atoms with E-state index in [4.69, 9.17) is 34.8 Å². The Kier molecular flexibility index (Phi) is 6.20. The molecule has 1 heterocycles. The Balaban J connectivity index is 2.28. The molecule has 0 atom stereocenters. The van der Waals surface area contributed by atoms with E-state index in [0.29, 0.717) is 16.7 Å². The van der Waals surface area contributed by atoms with Gasteiger partial charge in [-0.2, -0.15) is 4.68 Å². The normalized spacial score (nSPS) is 11.9. The molecule has 0 saturated heterocycles. The van der Waals surface area contributed by atoms with Crippen LogP contribution >= 0.6 is 57.4 Å². The van der Waals surface area contributed by atoms with Crippen molar-refractivity contribution in [2.75, 3.05) is 5.32 Å². The highest BCUT2D eigenvalue weighted by atomic mass is 127. The maximum absolute atomic E-state index is 11.8. The maximum atomic E-state index is 11.8. The number of allylic oxidation sites excluding steroid dienone is 1. The lowest BCUT2D eigenvalue weighted by Crippen LogP contribution is -2.16. The molecule has 0 saturated carbocycles. The van der Waals surface area contributed by atoms with E-state index in [2.05, 4.69) is 38.2 Å². The third kappa shape index (κ3) is 4.34. The van der Waals surface area contributed by atoms with Gasteiger partial charge in [0.25, 0.3) is 0 Å². The van der Waals surface area contributed by atoms with Crippen LogP contribution in [-0.2, 0) is 0 Å². The molecule has 0 aliphatic rings. The molecule has 0 aliphatic carbocycles. The number of anilines is 1. The Morgan fingerprint density at radius 2 is 1.78 bits per heavy atom. The number of para-hydroxylation sites is 1. The Morgan fingerprint density at radius 3 is 2.41 bits per heavy atom. The van der Waals surface area contributed by atoms with Crippen LogP contribution in [0.15, 0.2) is 63.8 Å². The summed E-state index contributed by atoms with van der Waals surface area (Å²) < 4.78 is 1.85. The van der Waals surface area contributed by atoms with Gasteiger partial charge >= 0.3 is 5.70 Å². The summed E-state index contributed by atoms with van der Waals surface area (Å²) in [6.07, 6.45) is 0.